The van der Waals surface area contributed by atoms with E-state index >= 15 is 0 Å². The van der Waals surface area contributed by atoms with Gasteiger partial charge in [-0.25, -0.2) is 0 Å². The molecule has 1 aliphatic rings. The molecule has 2 aromatic rings. The monoisotopic (exact) mass is 426 g/mol. The van der Waals surface area contributed by atoms with Gasteiger partial charge in [0.25, 0.3) is 11.6 Å². The molecule has 1 aliphatic heterocycles. The molecule has 0 radical (unpaired) electrons. The predicted molar refractivity (Wildman–Crippen MR) is 108 cm³/mol. The van der Waals surface area contributed by atoms with E-state index in [2.05, 4.69) is 10.2 Å². The molecule has 152 valence electrons. The largest absolute Gasteiger partial charge is 0.338 e. The summed E-state index contributed by atoms with van der Waals surface area (Å²) in [6.07, 6.45) is 3.41. The minimum Gasteiger partial charge on any atom is -0.338 e. The van der Waals surface area contributed by atoms with Crippen molar-refractivity contribution < 1.29 is 9.72 Å². The first-order valence-corrected chi connectivity index (χ1v) is 9.53. The molecule has 2 atom stereocenters. The van der Waals surface area contributed by atoms with Crippen molar-refractivity contribution in [3.05, 3.63) is 40.2 Å². The van der Waals surface area contributed by atoms with Gasteiger partial charge in [-0.15, -0.1) is 22.6 Å². The maximum Gasteiger partial charge on any atom is 0.284 e. The van der Waals surface area contributed by atoms with Gasteiger partial charge in [0.1, 0.15) is 6.33 Å². The highest BCUT2D eigenvalue weighted by Gasteiger charge is 2.28. The summed E-state index contributed by atoms with van der Waals surface area (Å²) in [5.41, 5.74) is 6.18. The molecule has 1 aromatic heterocycles. The molecule has 1 fully saturated rings. The first kappa shape index (κ1) is 22.1. The number of benzene rings is 1. The SMILES string of the molecule is CC(N)C1CCCN(C(=O)c2ccc(Sc3nncn3C)c([N+](=O)[O-])c2)C1.Cl. The van der Waals surface area contributed by atoms with Gasteiger partial charge in [0.05, 0.1) is 9.82 Å². The summed E-state index contributed by atoms with van der Waals surface area (Å²) in [6.45, 7) is 3.17. The Hall–Kier alpha value is -2.17. The van der Waals surface area contributed by atoms with E-state index in [9.17, 15) is 14.9 Å². The van der Waals surface area contributed by atoms with E-state index in [1.165, 1.54) is 12.4 Å². The highest BCUT2D eigenvalue weighted by Crippen LogP contribution is 2.34. The molecule has 1 aromatic carbocycles. The van der Waals surface area contributed by atoms with Crippen molar-refractivity contribution in [2.75, 3.05) is 13.1 Å². The van der Waals surface area contributed by atoms with Gasteiger partial charge in [-0.05, 0) is 49.6 Å². The summed E-state index contributed by atoms with van der Waals surface area (Å²) in [7, 11) is 1.76. The van der Waals surface area contributed by atoms with Gasteiger partial charge >= 0.3 is 0 Å². The number of aromatic nitrogens is 3. The Kier molecular flexibility index (Phi) is 7.39. The van der Waals surface area contributed by atoms with Crippen LogP contribution in [0.4, 0.5) is 5.69 Å². The molecule has 1 amide bonds. The van der Waals surface area contributed by atoms with Gasteiger partial charge in [-0.1, -0.05) is 0 Å². The number of rotatable bonds is 5. The Labute approximate surface area is 173 Å². The third-order valence-corrected chi connectivity index (χ3v) is 5.88. The average molecular weight is 427 g/mol. The van der Waals surface area contributed by atoms with E-state index in [4.69, 9.17) is 5.73 Å². The van der Waals surface area contributed by atoms with Crippen LogP contribution in [0, 0.1) is 16.0 Å². The fourth-order valence-corrected chi connectivity index (χ4v) is 4.00. The van der Waals surface area contributed by atoms with E-state index < -0.39 is 4.92 Å². The number of carbonyl (C=O) groups excluding carboxylic acids is 1. The van der Waals surface area contributed by atoms with Crippen LogP contribution in [-0.2, 0) is 7.05 Å². The van der Waals surface area contributed by atoms with Crippen molar-refractivity contribution in [2.45, 2.75) is 35.9 Å². The van der Waals surface area contributed by atoms with E-state index in [1.54, 1.807) is 28.6 Å². The summed E-state index contributed by atoms with van der Waals surface area (Å²) < 4.78 is 1.68. The molecule has 3 rings (SSSR count). The molecule has 2 unspecified atom stereocenters. The van der Waals surface area contributed by atoms with Crippen LogP contribution in [0.2, 0.25) is 0 Å². The topological polar surface area (TPSA) is 120 Å². The van der Waals surface area contributed by atoms with Gasteiger partial charge < -0.3 is 15.2 Å². The Morgan fingerprint density at radius 3 is 2.82 bits per heavy atom. The van der Waals surface area contributed by atoms with Crippen LogP contribution < -0.4 is 5.73 Å². The second-order valence-corrected chi connectivity index (χ2v) is 7.79. The number of aryl methyl sites for hydroxylation is 1. The number of nitro benzene ring substituents is 1. The molecule has 28 heavy (non-hydrogen) atoms. The van der Waals surface area contributed by atoms with E-state index in [0.29, 0.717) is 28.7 Å². The van der Waals surface area contributed by atoms with Crippen LogP contribution >= 0.6 is 24.2 Å². The molecule has 0 bridgehead atoms. The summed E-state index contributed by atoms with van der Waals surface area (Å²) in [6, 6.07) is 4.58. The molecular formula is C17H23ClN6O3S. The number of amides is 1. The smallest absolute Gasteiger partial charge is 0.284 e. The van der Waals surface area contributed by atoms with Gasteiger partial charge in [0, 0.05) is 37.8 Å². The maximum absolute atomic E-state index is 12.9. The third kappa shape index (κ3) is 4.81. The lowest BCUT2D eigenvalue weighted by molar-refractivity contribution is -0.387. The fourth-order valence-electron chi connectivity index (χ4n) is 3.15. The quantitative estimate of drug-likeness (QED) is 0.575. The van der Waals surface area contributed by atoms with Crippen LogP contribution in [0.3, 0.4) is 0 Å². The fraction of sp³-hybridized carbons (Fsp3) is 0.471. The van der Waals surface area contributed by atoms with Gasteiger partial charge in [-0.3, -0.25) is 14.9 Å². The number of carbonyl (C=O) groups is 1. The zero-order valence-corrected chi connectivity index (χ0v) is 17.3. The molecule has 2 heterocycles. The Morgan fingerprint density at radius 1 is 1.46 bits per heavy atom. The van der Waals surface area contributed by atoms with Crippen LogP contribution in [0.1, 0.15) is 30.1 Å². The molecule has 0 spiro atoms. The number of nitro groups is 1. The number of piperidine rings is 1. The van der Waals surface area contributed by atoms with Crippen molar-refractivity contribution in [3.8, 4) is 0 Å². The highest BCUT2D eigenvalue weighted by molar-refractivity contribution is 7.99. The highest BCUT2D eigenvalue weighted by atomic mass is 35.5. The second kappa shape index (κ2) is 9.35. The van der Waals surface area contributed by atoms with Gasteiger partial charge in [-0.2, -0.15) is 0 Å². The van der Waals surface area contributed by atoms with Crippen molar-refractivity contribution in [2.24, 2.45) is 18.7 Å². The molecule has 11 heteroatoms. The first-order valence-electron chi connectivity index (χ1n) is 8.72. The number of hydrogen-bond acceptors (Lipinski definition) is 7. The minimum atomic E-state index is -0.476. The van der Waals surface area contributed by atoms with Crippen LogP contribution in [-0.4, -0.2) is 49.6 Å². The predicted octanol–water partition coefficient (Wildman–Crippen LogP) is 2.50. The third-order valence-electron chi connectivity index (χ3n) is 4.76. The van der Waals surface area contributed by atoms with E-state index in [1.807, 2.05) is 6.92 Å². The number of likely N-dealkylation sites (tertiary alicyclic amines) is 1. The summed E-state index contributed by atoms with van der Waals surface area (Å²) >= 11 is 1.14. The van der Waals surface area contributed by atoms with Crippen LogP contribution in [0.25, 0.3) is 0 Å². The van der Waals surface area contributed by atoms with E-state index in [0.717, 1.165) is 24.6 Å². The van der Waals surface area contributed by atoms with Gasteiger partial charge in [0.15, 0.2) is 5.16 Å². The second-order valence-electron chi connectivity index (χ2n) is 6.78. The Bertz CT molecular complexity index is 859. The van der Waals surface area contributed by atoms with Crippen molar-refractivity contribution in [1.82, 2.24) is 19.7 Å². The summed E-state index contributed by atoms with van der Waals surface area (Å²) in [5, 5.41) is 19.8. The summed E-state index contributed by atoms with van der Waals surface area (Å²) in [4.78, 5) is 26.1. The molecule has 2 N–H and O–H groups in total. The summed E-state index contributed by atoms with van der Waals surface area (Å²) in [5.74, 6) is 0.0575. The molecule has 1 saturated heterocycles. The lowest BCUT2D eigenvalue weighted by Crippen LogP contribution is -2.45. The molecule has 9 nitrogen and oxygen atoms in total. The minimum absolute atomic E-state index is 0. The number of hydrogen-bond donors (Lipinski definition) is 1. The average Bonchev–Trinajstić information content (AvgIpc) is 3.06. The number of halogens is 1. The lowest BCUT2D eigenvalue weighted by Gasteiger charge is -2.34. The maximum atomic E-state index is 12.9. The van der Waals surface area contributed by atoms with Gasteiger partial charge in [0.2, 0.25) is 0 Å². The molecule has 0 saturated carbocycles. The number of nitrogens with two attached hydrogens (primary N) is 1. The normalized spacial score (nSPS) is 17.7. The molecular weight excluding hydrogens is 404 g/mol. The van der Waals surface area contributed by atoms with Crippen molar-refractivity contribution in [3.63, 3.8) is 0 Å². The Morgan fingerprint density at radius 2 is 2.21 bits per heavy atom. The van der Waals surface area contributed by atoms with Crippen molar-refractivity contribution in [1.29, 1.82) is 0 Å². The van der Waals surface area contributed by atoms with Crippen LogP contribution in [0.15, 0.2) is 34.6 Å². The Balaban J connectivity index is 0.00000280. The zero-order chi connectivity index (χ0) is 19.6. The first-order chi connectivity index (χ1) is 12.9. The van der Waals surface area contributed by atoms with Crippen molar-refractivity contribution >= 4 is 35.8 Å². The lowest BCUT2D eigenvalue weighted by atomic mass is 9.92. The zero-order valence-electron chi connectivity index (χ0n) is 15.6. The molecule has 0 aliphatic carbocycles. The van der Waals surface area contributed by atoms with Crippen LogP contribution in [0.5, 0.6) is 0 Å². The number of nitrogens with zero attached hydrogens (tertiary/aromatic N) is 5. The van der Waals surface area contributed by atoms with E-state index in [-0.39, 0.29) is 36.0 Å². The standard InChI is InChI=1S/C17H22N6O3S.ClH/c1-11(18)13-4-3-7-22(9-13)16(24)12-5-6-15(14(8-12)23(25)26)27-17-20-19-10-21(17)2;/h5-6,8,10-11,13H,3-4,7,9,18H2,1-2H3;1H.